The highest BCUT2D eigenvalue weighted by Gasteiger charge is 2.29. The van der Waals surface area contributed by atoms with Gasteiger partial charge in [-0.25, -0.2) is 8.42 Å². The molecule has 140 valence electrons. The summed E-state index contributed by atoms with van der Waals surface area (Å²) in [6.45, 7) is -0.772. The number of nitrogens with zero attached hydrogens (tertiary/aromatic N) is 1. The fraction of sp³-hybridized carbons (Fsp3) is 0.105. The Balaban J connectivity index is 2.18. The number of sulfonamides is 1. The molecule has 0 saturated carbocycles. The summed E-state index contributed by atoms with van der Waals surface area (Å²) in [6, 6.07) is 16.3. The number of anilines is 1. The van der Waals surface area contributed by atoms with Crippen molar-refractivity contribution in [2.24, 2.45) is 0 Å². The summed E-state index contributed by atoms with van der Waals surface area (Å²) >= 11 is 6.00. The lowest BCUT2D eigenvalue weighted by Crippen LogP contribution is -2.36. The molecule has 0 unspecified atom stereocenters. The molecule has 0 fully saturated rings. The molecule has 27 heavy (non-hydrogen) atoms. The van der Waals surface area contributed by atoms with Gasteiger partial charge in [0.25, 0.3) is 10.0 Å². The van der Waals surface area contributed by atoms with Crippen molar-refractivity contribution in [1.29, 1.82) is 0 Å². The van der Waals surface area contributed by atoms with Gasteiger partial charge in [-0.05, 0) is 41.1 Å². The van der Waals surface area contributed by atoms with E-state index in [4.69, 9.17) is 16.3 Å². The third-order valence-electron chi connectivity index (χ3n) is 4.00. The monoisotopic (exact) mass is 405 g/mol. The number of methoxy groups -OCH3 is 1. The van der Waals surface area contributed by atoms with Crippen molar-refractivity contribution in [1.82, 2.24) is 0 Å². The summed E-state index contributed by atoms with van der Waals surface area (Å²) < 4.78 is 32.5. The molecular formula is C19H16ClNO5S. The van der Waals surface area contributed by atoms with Gasteiger partial charge in [0.05, 0.1) is 17.7 Å². The van der Waals surface area contributed by atoms with Crippen LogP contribution in [-0.4, -0.2) is 33.1 Å². The van der Waals surface area contributed by atoms with Crippen molar-refractivity contribution >= 4 is 44.1 Å². The molecule has 0 amide bonds. The molecule has 1 N–H and O–H groups in total. The zero-order valence-corrected chi connectivity index (χ0v) is 15.9. The van der Waals surface area contributed by atoms with E-state index in [-0.39, 0.29) is 21.4 Å². The number of hydrogen-bond acceptors (Lipinski definition) is 4. The lowest BCUT2D eigenvalue weighted by molar-refractivity contribution is -0.135. The number of carboxylic acid groups (broad SMARTS) is 1. The molecule has 0 aliphatic carbocycles. The van der Waals surface area contributed by atoms with E-state index in [0.717, 1.165) is 15.1 Å². The van der Waals surface area contributed by atoms with Gasteiger partial charge in [0.2, 0.25) is 0 Å². The number of fused-ring (bicyclic) bond motifs is 1. The normalized spacial score (nSPS) is 11.3. The van der Waals surface area contributed by atoms with E-state index >= 15 is 0 Å². The van der Waals surface area contributed by atoms with Gasteiger partial charge in [0.1, 0.15) is 12.3 Å². The molecule has 8 heteroatoms. The van der Waals surface area contributed by atoms with Crippen LogP contribution in [0.15, 0.2) is 65.6 Å². The fourth-order valence-corrected chi connectivity index (χ4v) is 4.35. The van der Waals surface area contributed by atoms with Crippen molar-refractivity contribution < 1.29 is 23.1 Å². The molecule has 3 aromatic rings. The molecule has 0 aromatic heterocycles. The lowest BCUT2D eigenvalue weighted by atomic mass is 10.1. The van der Waals surface area contributed by atoms with Crippen LogP contribution in [0.2, 0.25) is 5.02 Å². The van der Waals surface area contributed by atoms with Gasteiger partial charge in [0, 0.05) is 5.02 Å². The van der Waals surface area contributed by atoms with Gasteiger partial charge in [-0.15, -0.1) is 0 Å². The molecule has 6 nitrogen and oxygen atoms in total. The number of halogens is 1. The third-order valence-corrected chi connectivity index (χ3v) is 5.99. The predicted octanol–water partition coefficient (Wildman–Crippen LogP) is 3.78. The number of carboxylic acids is 1. The molecule has 0 saturated heterocycles. The van der Waals surface area contributed by atoms with Crippen LogP contribution in [0.25, 0.3) is 10.8 Å². The van der Waals surface area contributed by atoms with E-state index < -0.39 is 22.5 Å². The molecule has 0 aliphatic heterocycles. The Morgan fingerprint density at radius 3 is 2.44 bits per heavy atom. The van der Waals surface area contributed by atoms with Gasteiger partial charge >= 0.3 is 5.97 Å². The second-order valence-corrected chi connectivity index (χ2v) is 8.03. The highest BCUT2D eigenvalue weighted by atomic mass is 35.5. The SMILES string of the molecule is COc1ccc(Cl)cc1N(CC(=O)O)S(=O)(=O)c1ccc2ccccc2c1. The van der Waals surface area contributed by atoms with Crippen LogP contribution >= 0.6 is 11.6 Å². The molecule has 3 rings (SSSR count). The van der Waals surface area contributed by atoms with Gasteiger partial charge < -0.3 is 9.84 Å². The molecule has 0 radical (unpaired) electrons. The Labute approximate surface area is 161 Å². The van der Waals surface area contributed by atoms with Crippen LogP contribution in [0, 0.1) is 0 Å². The average molecular weight is 406 g/mol. The molecule has 0 heterocycles. The number of rotatable bonds is 6. The highest BCUT2D eigenvalue weighted by Crippen LogP contribution is 2.35. The second-order valence-electron chi connectivity index (χ2n) is 5.73. The number of ether oxygens (including phenoxy) is 1. The number of carbonyl (C=O) groups is 1. The first-order valence-corrected chi connectivity index (χ1v) is 9.71. The minimum absolute atomic E-state index is 0.0236. The van der Waals surface area contributed by atoms with Crippen molar-refractivity contribution in [3.63, 3.8) is 0 Å². The van der Waals surface area contributed by atoms with E-state index in [1.807, 2.05) is 12.1 Å². The van der Waals surface area contributed by atoms with E-state index in [0.29, 0.717) is 0 Å². The standard InChI is InChI=1S/C19H16ClNO5S/c1-26-18-9-7-15(20)11-17(18)21(12-19(22)23)27(24,25)16-8-6-13-4-2-3-5-14(13)10-16/h2-11H,12H2,1H3,(H,22,23). The second kappa shape index (κ2) is 7.46. The van der Waals surface area contributed by atoms with Gasteiger partial charge in [-0.1, -0.05) is 41.9 Å². The zero-order valence-electron chi connectivity index (χ0n) is 14.3. The summed E-state index contributed by atoms with van der Waals surface area (Å²) in [7, 11) is -2.81. The Hall–Kier alpha value is -2.77. The highest BCUT2D eigenvalue weighted by molar-refractivity contribution is 7.92. The smallest absolute Gasteiger partial charge is 0.324 e. The topological polar surface area (TPSA) is 83.9 Å². The minimum atomic E-state index is -4.18. The van der Waals surface area contributed by atoms with Crippen LogP contribution in [0.3, 0.4) is 0 Å². The van der Waals surface area contributed by atoms with Gasteiger partial charge in [-0.2, -0.15) is 0 Å². The summed E-state index contributed by atoms with van der Waals surface area (Å²) in [4.78, 5) is 11.4. The number of hydrogen-bond donors (Lipinski definition) is 1. The van der Waals surface area contributed by atoms with Crippen molar-refractivity contribution in [2.75, 3.05) is 18.0 Å². The fourth-order valence-electron chi connectivity index (χ4n) is 2.74. The van der Waals surface area contributed by atoms with Crippen LogP contribution in [0.1, 0.15) is 0 Å². The lowest BCUT2D eigenvalue weighted by Gasteiger charge is -2.24. The van der Waals surface area contributed by atoms with Crippen LogP contribution in [0.5, 0.6) is 5.75 Å². The Bertz CT molecular complexity index is 1110. The number of benzene rings is 3. The van der Waals surface area contributed by atoms with E-state index in [9.17, 15) is 18.3 Å². The van der Waals surface area contributed by atoms with Crippen LogP contribution in [0.4, 0.5) is 5.69 Å². The Kier molecular flexibility index (Phi) is 5.25. The number of aliphatic carboxylic acids is 1. The maximum Gasteiger partial charge on any atom is 0.324 e. The molecule has 0 bridgehead atoms. The Morgan fingerprint density at radius 2 is 1.78 bits per heavy atom. The maximum atomic E-state index is 13.3. The Morgan fingerprint density at radius 1 is 1.07 bits per heavy atom. The molecule has 0 spiro atoms. The van der Waals surface area contributed by atoms with Gasteiger partial charge in [0.15, 0.2) is 0 Å². The van der Waals surface area contributed by atoms with Crippen molar-refractivity contribution in [3.8, 4) is 5.75 Å². The average Bonchev–Trinajstić information content (AvgIpc) is 2.65. The first kappa shape index (κ1) is 19.0. The molecule has 0 aliphatic rings. The quantitative estimate of drug-likeness (QED) is 0.674. The molecule has 0 atom stereocenters. The minimum Gasteiger partial charge on any atom is -0.495 e. The first-order valence-electron chi connectivity index (χ1n) is 7.90. The largest absolute Gasteiger partial charge is 0.495 e. The maximum absolute atomic E-state index is 13.3. The summed E-state index contributed by atoms with van der Waals surface area (Å²) in [6.07, 6.45) is 0. The molecule has 3 aromatic carbocycles. The van der Waals surface area contributed by atoms with Crippen molar-refractivity contribution in [2.45, 2.75) is 4.90 Å². The van der Waals surface area contributed by atoms with Crippen LogP contribution < -0.4 is 9.04 Å². The third kappa shape index (κ3) is 3.84. The summed E-state index contributed by atoms with van der Waals surface area (Å²) in [5, 5.41) is 11.1. The van der Waals surface area contributed by atoms with Crippen LogP contribution in [-0.2, 0) is 14.8 Å². The van der Waals surface area contributed by atoms with Crippen molar-refractivity contribution in [3.05, 3.63) is 65.7 Å². The summed E-state index contributed by atoms with van der Waals surface area (Å²) in [5.74, 6) is -1.11. The predicted molar refractivity (Wildman–Crippen MR) is 104 cm³/mol. The first-order chi connectivity index (χ1) is 12.8. The van der Waals surface area contributed by atoms with E-state index in [2.05, 4.69) is 0 Å². The van der Waals surface area contributed by atoms with E-state index in [1.54, 1.807) is 18.2 Å². The molecular weight excluding hydrogens is 390 g/mol. The summed E-state index contributed by atoms with van der Waals surface area (Å²) in [5.41, 5.74) is 0.0561. The van der Waals surface area contributed by atoms with Gasteiger partial charge in [-0.3, -0.25) is 9.10 Å². The van der Waals surface area contributed by atoms with E-state index in [1.165, 1.54) is 37.4 Å². The zero-order chi connectivity index (χ0) is 19.6.